The Hall–Kier alpha value is -2.72. The van der Waals surface area contributed by atoms with Crippen LogP contribution in [0.1, 0.15) is 64.7 Å². The lowest BCUT2D eigenvalue weighted by atomic mass is 9.70. The summed E-state index contributed by atoms with van der Waals surface area (Å²) in [4.78, 5) is 56.6. The Kier molecular flexibility index (Phi) is 9.48. The van der Waals surface area contributed by atoms with Crippen LogP contribution in [-0.4, -0.2) is 94.7 Å². The van der Waals surface area contributed by atoms with Gasteiger partial charge in [0.1, 0.15) is 17.7 Å². The Morgan fingerprint density at radius 2 is 1.97 bits per heavy atom. The minimum atomic E-state index is -1.13. The van der Waals surface area contributed by atoms with E-state index in [1.807, 2.05) is 4.90 Å². The monoisotopic (exact) mass is 545 g/mol. The Bertz CT molecular complexity index is 965. The molecule has 4 rings (SSSR count). The van der Waals surface area contributed by atoms with E-state index in [2.05, 4.69) is 18.5 Å². The SMILES string of the molecule is C=CCCC(=O)NC[C@@H](C)OC(=O)[C@@H]1[C@H]2C(=O)N(CCO)[C@H](C(=O)N(CC=C)C3CCCCC3)[C@]23CC[C@H]1O3. The number of allylic oxidation sites excluding steroid dienone is 1. The van der Waals surface area contributed by atoms with Gasteiger partial charge in [-0.2, -0.15) is 0 Å². The summed E-state index contributed by atoms with van der Waals surface area (Å²) in [6.45, 7) is 9.35. The maximum absolute atomic E-state index is 14.2. The van der Waals surface area contributed by atoms with Gasteiger partial charge in [0.15, 0.2) is 0 Å². The molecule has 3 aliphatic heterocycles. The van der Waals surface area contributed by atoms with Crippen LogP contribution in [0.4, 0.5) is 0 Å². The molecule has 3 saturated heterocycles. The van der Waals surface area contributed by atoms with Crippen molar-refractivity contribution in [3.8, 4) is 0 Å². The lowest BCUT2D eigenvalue weighted by Gasteiger charge is -2.40. The van der Waals surface area contributed by atoms with Crippen molar-refractivity contribution in [2.45, 2.75) is 94.6 Å². The highest BCUT2D eigenvalue weighted by Gasteiger charge is 2.75. The minimum absolute atomic E-state index is 0.0109. The third-order valence-electron chi connectivity index (χ3n) is 8.75. The number of carbonyl (C=O) groups excluding carboxylic acids is 4. The Balaban J connectivity index is 1.53. The number of nitrogens with one attached hydrogen (secondary N) is 1. The smallest absolute Gasteiger partial charge is 0.312 e. The summed E-state index contributed by atoms with van der Waals surface area (Å²) in [5.74, 6) is -2.95. The van der Waals surface area contributed by atoms with Crippen LogP contribution in [0.15, 0.2) is 25.3 Å². The molecular weight excluding hydrogens is 502 g/mol. The summed E-state index contributed by atoms with van der Waals surface area (Å²) >= 11 is 0. The van der Waals surface area contributed by atoms with Crippen molar-refractivity contribution in [2.75, 3.05) is 26.2 Å². The number of aliphatic hydroxyl groups is 1. The molecule has 2 N–H and O–H groups in total. The van der Waals surface area contributed by atoms with Gasteiger partial charge in [0.05, 0.1) is 31.1 Å². The predicted octanol–water partition coefficient (Wildman–Crippen LogP) is 1.71. The fraction of sp³-hybridized carbons (Fsp3) is 0.724. The van der Waals surface area contributed by atoms with Gasteiger partial charge in [-0.05, 0) is 39.0 Å². The van der Waals surface area contributed by atoms with E-state index >= 15 is 0 Å². The van der Waals surface area contributed by atoms with E-state index < -0.39 is 41.7 Å². The van der Waals surface area contributed by atoms with E-state index in [-0.39, 0.29) is 43.5 Å². The van der Waals surface area contributed by atoms with Gasteiger partial charge < -0.3 is 29.7 Å². The summed E-state index contributed by atoms with van der Waals surface area (Å²) in [5, 5.41) is 12.6. The molecule has 1 spiro atoms. The number of hydrogen-bond acceptors (Lipinski definition) is 7. The highest BCUT2D eigenvalue weighted by molar-refractivity contribution is 5.98. The molecule has 3 heterocycles. The van der Waals surface area contributed by atoms with Gasteiger partial charge in [0.25, 0.3) is 0 Å². The number of β-amino-alcohol motifs (C(OH)–C–C–N with tert-alkyl or cyclic N) is 1. The Morgan fingerprint density at radius 3 is 2.64 bits per heavy atom. The lowest BCUT2D eigenvalue weighted by molar-refractivity contribution is -0.159. The van der Waals surface area contributed by atoms with Crippen molar-refractivity contribution in [1.29, 1.82) is 0 Å². The molecule has 0 aromatic carbocycles. The molecule has 10 nitrogen and oxygen atoms in total. The Labute approximate surface area is 230 Å². The van der Waals surface area contributed by atoms with E-state index in [0.29, 0.717) is 32.2 Å². The average molecular weight is 546 g/mol. The molecule has 3 amide bonds. The summed E-state index contributed by atoms with van der Waals surface area (Å²) in [6, 6.07) is -0.846. The third-order valence-corrected chi connectivity index (χ3v) is 8.75. The molecular formula is C29H43N3O7. The van der Waals surface area contributed by atoms with Crippen molar-refractivity contribution in [3.63, 3.8) is 0 Å². The normalized spacial score (nSPS) is 30.5. The molecule has 0 aromatic rings. The van der Waals surface area contributed by atoms with Crippen molar-refractivity contribution in [2.24, 2.45) is 11.8 Å². The first kappa shape index (κ1) is 29.3. The second-order valence-corrected chi connectivity index (χ2v) is 11.3. The van der Waals surface area contributed by atoms with E-state index in [1.54, 1.807) is 19.1 Å². The lowest BCUT2D eigenvalue weighted by Crippen LogP contribution is -2.58. The van der Waals surface area contributed by atoms with Gasteiger partial charge >= 0.3 is 5.97 Å². The van der Waals surface area contributed by atoms with E-state index in [4.69, 9.17) is 9.47 Å². The van der Waals surface area contributed by atoms with Crippen LogP contribution in [0.2, 0.25) is 0 Å². The molecule has 10 heteroatoms. The van der Waals surface area contributed by atoms with Gasteiger partial charge in [-0.15, -0.1) is 13.2 Å². The summed E-state index contributed by atoms with van der Waals surface area (Å²) in [7, 11) is 0. The van der Waals surface area contributed by atoms with E-state index in [9.17, 15) is 24.3 Å². The fourth-order valence-corrected chi connectivity index (χ4v) is 7.05. The number of fused-ring (bicyclic) bond motifs is 1. The number of likely N-dealkylation sites (tertiary alicyclic amines) is 1. The summed E-state index contributed by atoms with van der Waals surface area (Å²) in [6.07, 6.45) is 9.17. The Morgan fingerprint density at radius 1 is 1.23 bits per heavy atom. The molecule has 216 valence electrons. The fourth-order valence-electron chi connectivity index (χ4n) is 7.05. The van der Waals surface area contributed by atoms with Crippen LogP contribution < -0.4 is 5.32 Å². The quantitative estimate of drug-likeness (QED) is 0.267. The van der Waals surface area contributed by atoms with Crippen LogP contribution in [-0.2, 0) is 28.7 Å². The maximum atomic E-state index is 14.2. The van der Waals surface area contributed by atoms with Gasteiger partial charge in [0, 0.05) is 25.6 Å². The number of amides is 3. The molecule has 0 radical (unpaired) electrons. The largest absolute Gasteiger partial charge is 0.460 e. The molecule has 4 fully saturated rings. The van der Waals surface area contributed by atoms with Crippen molar-refractivity contribution >= 4 is 23.7 Å². The van der Waals surface area contributed by atoms with Gasteiger partial charge in [0.2, 0.25) is 17.7 Å². The van der Waals surface area contributed by atoms with Crippen LogP contribution in [0.25, 0.3) is 0 Å². The van der Waals surface area contributed by atoms with Crippen molar-refractivity contribution in [1.82, 2.24) is 15.1 Å². The van der Waals surface area contributed by atoms with Crippen molar-refractivity contribution in [3.05, 3.63) is 25.3 Å². The number of ether oxygens (including phenoxy) is 2. The highest BCUT2D eigenvalue weighted by atomic mass is 16.6. The van der Waals surface area contributed by atoms with Crippen LogP contribution in [0.5, 0.6) is 0 Å². The number of carbonyl (C=O) groups is 4. The molecule has 4 aliphatic rings. The summed E-state index contributed by atoms with van der Waals surface area (Å²) < 4.78 is 12.1. The first-order chi connectivity index (χ1) is 18.8. The molecule has 0 aromatic heterocycles. The zero-order chi connectivity index (χ0) is 28.2. The van der Waals surface area contributed by atoms with Gasteiger partial charge in [-0.3, -0.25) is 19.2 Å². The molecule has 6 atom stereocenters. The standard InChI is InChI=1S/C29H43N3O7/c1-4-6-12-22(34)30-18-19(3)38-28(37)23-21-13-14-29(39-21)24(23)26(35)32(16-17-33)25(29)27(36)31(15-5-2)20-10-8-7-9-11-20/h4-5,19-21,23-25,33H,1-2,6-18H2,3H3,(H,30,34)/t19-,21-,23+,24+,25-,29+/m1/s1. The van der Waals surface area contributed by atoms with Gasteiger partial charge in [-0.25, -0.2) is 0 Å². The van der Waals surface area contributed by atoms with Gasteiger partial charge in [-0.1, -0.05) is 31.4 Å². The second-order valence-electron chi connectivity index (χ2n) is 11.3. The van der Waals surface area contributed by atoms with Crippen molar-refractivity contribution < 1.29 is 33.8 Å². The van der Waals surface area contributed by atoms with Crippen LogP contribution >= 0.6 is 0 Å². The molecule has 1 aliphatic carbocycles. The first-order valence-electron chi connectivity index (χ1n) is 14.4. The summed E-state index contributed by atoms with van der Waals surface area (Å²) in [5.41, 5.74) is -1.13. The first-order valence-corrected chi connectivity index (χ1v) is 14.4. The molecule has 39 heavy (non-hydrogen) atoms. The zero-order valence-corrected chi connectivity index (χ0v) is 23.0. The zero-order valence-electron chi connectivity index (χ0n) is 23.0. The third kappa shape index (κ3) is 5.63. The van der Waals surface area contributed by atoms with E-state index in [1.165, 1.54) is 4.90 Å². The molecule has 0 unspecified atom stereocenters. The number of nitrogens with zero attached hydrogens (tertiary/aromatic N) is 2. The number of esters is 1. The topological polar surface area (TPSA) is 125 Å². The highest BCUT2D eigenvalue weighted by Crippen LogP contribution is 2.58. The maximum Gasteiger partial charge on any atom is 0.312 e. The minimum Gasteiger partial charge on any atom is -0.460 e. The van der Waals surface area contributed by atoms with E-state index in [0.717, 1.165) is 32.1 Å². The number of rotatable bonds is 13. The molecule has 2 bridgehead atoms. The second kappa shape index (κ2) is 12.6. The number of hydrogen-bond donors (Lipinski definition) is 2. The number of aliphatic hydroxyl groups excluding tert-OH is 1. The van der Waals surface area contributed by atoms with Crippen LogP contribution in [0.3, 0.4) is 0 Å². The average Bonchev–Trinajstić information content (AvgIpc) is 3.57. The van der Waals surface area contributed by atoms with Crippen LogP contribution in [0, 0.1) is 11.8 Å². The predicted molar refractivity (Wildman–Crippen MR) is 143 cm³/mol. The molecule has 1 saturated carbocycles.